The summed E-state index contributed by atoms with van der Waals surface area (Å²) in [6.45, 7) is 0.555. The molecule has 4 aliphatic rings. The van der Waals surface area contributed by atoms with E-state index in [4.69, 9.17) is 4.74 Å². The van der Waals surface area contributed by atoms with Crippen LogP contribution in [0.1, 0.15) is 77.0 Å². The van der Waals surface area contributed by atoms with Gasteiger partial charge in [-0.1, -0.05) is 66.8 Å². The topological polar surface area (TPSA) is 9.23 Å². The first-order chi connectivity index (χ1) is 14.5. The van der Waals surface area contributed by atoms with Crippen molar-refractivity contribution in [3.63, 3.8) is 0 Å². The van der Waals surface area contributed by atoms with Gasteiger partial charge in [-0.15, -0.1) is 0 Å². The van der Waals surface area contributed by atoms with Crippen molar-refractivity contribution >= 4 is 22.6 Å². The summed E-state index contributed by atoms with van der Waals surface area (Å²) in [5.74, 6) is 0.593. The SMILES string of the molecule is FC1CC(I)CCC1OCC1C=CC(C2CCC(C3CCCCC3)C(F)[C@H]2F)CC1. The standard InChI is InChI=1S/C25H38F3IO/c26-22-14-19(29)10-13-23(22)30-15-16-6-8-18(9-7-16)21-12-11-20(24(27)25(21)28)17-4-2-1-3-5-17/h6,8,16-25H,1-5,7,9-15H2/t16?,18?,19?,20?,21?,22?,23?,24?,25-/m0/s1. The Kier molecular flexibility index (Phi) is 8.49. The van der Waals surface area contributed by atoms with Gasteiger partial charge in [0, 0.05) is 9.84 Å². The number of hydrogen-bond acceptors (Lipinski definition) is 1. The highest BCUT2D eigenvalue weighted by atomic mass is 127. The number of allylic oxidation sites excluding steroid dienone is 1. The van der Waals surface area contributed by atoms with Gasteiger partial charge in [0.05, 0.1) is 12.7 Å². The van der Waals surface area contributed by atoms with Crippen molar-refractivity contribution in [1.82, 2.24) is 0 Å². The molecule has 30 heavy (non-hydrogen) atoms. The maximum absolute atomic E-state index is 15.1. The molecule has 4 rings (SSSR count). The Morgan fingerprint density at radius 3 is 2.20 bits per heavy atom. The molecule has 5 heteroatoms. The average molecular weight is 538 g/mol. The number of ether oxygens (including phenoxy) is 1. The zero-order chi connectivity index (χ0) is 21.1. The zero-order valence-corrected chi connectivity index (χ0v) is 20.2. The number of halogens is 4. The van der Waals surface area contributed by atoms with Crippen LogP contribution in [0.25, 0.3) is 0 Å². The quantitative estimate of drug-likeness (QED) is 0.199. The monoisotopic (exact) mass is 538 g/mol. The fourth-order valence-corrected chi connectivity index (χ4v) is 7.40. The molecule has 0 aromatic heterocycles. The lowest BCUT2D eigenvalue weighted by atomic mass is 9.65. The van der Waals surface area contributed by atoms with Crippen molar-refractivity contribution in [2.75, 3.05) is 6.61 Å². The fraction of sp³-hybridized carbons (Fsp3) is 0.920. The van der Waals surface area contributed by atoms with Gasteiger partial charge in [-0.25, -0.2) is 13.2 Å². The lowest BCUT2D eigenvalue weighted by Gasteiger charge is -2.43. The molecule has 0 heterocycles. The van der Waals surface area contributed by atoms with E-state index in [0.29, 0.717) is 22.9 Å². The molecular weight excluding hydrogens is 500 g/mol. The molecule has 3 saturated carbocycles. The van der Waals surface area contributed by atoms with Crippen molar-refractivity contribution in [3.8, 4) is 0 Å². The molecule has 0 saturated heterocycles. The Labute approximate surface area is 194 Å². The second kappa shape index (κ2) is 10.9. The minimum Gasteiger partial charge on any atom is -0.375 e. The van der Waals surface area contributed by atoms with Gasteiger partial charge in [0.1, 0.15) is 18.5 Å². The largest absolute Gasteiger partial charge is 0.375 e. The summed E-state index contributed by atoms with van der Waals surface area (Å²) >= 11 is 2.33. The molecule has 0 bridgehead atoms. The second-order valence-electron chi connectivity index (χ2n) is 10.4. The van der Waals surface area contributed by atoms with Gasteiger partial charge in [0.15, 0.2) is 0 Å². The Hall–Kier alpha value is 0.220. The lowest BCUT2D eigenvalue weighted by molar-refractivity contribution is -0.0371. The summed E-state index contributed by atoms with van der Waals surface area (Å²) in [5.41, 5.74) is 0. The molecule has 3 fully saturated rings. The molecule has 0 radical (unpaired) electrons. The summed E-state index contributed by atoms with van der Waals surface area (Å²) < 4.78 is 50.7. The zero-order valence-electron chi connectivity index (χ0n) is 18.0. The molecule has 8 unspecified atom stereocenters. The van der Waals surface area contributed by atoms with Crippen molar-refractivity contribution in [3.05, 3.63) is 12.2 Å². The summed E-state index contributed by atoms with van der Waals surface area (Å²) in [5, 5.41) is 0. The van der Waals surface area contributed by atoms with Crippen LogP contribution in [0.5, 0.6) is 0 Å². The predicted octanol–water partition coefficient (Wildman–Crippen LogP) is 7.56. The van der Waals surface area contributed by atoms with Crippen LogP contribution in [0.2, 0.25) is 0 Å². The normalized spacial score (nSPS) is 46.1. The van der Waals surface area contributed by atoms with E-state index in [1.165, 1.54) is 19.3 Å². The fourth-order valence-electron chi connectivity index (χ4n) is 6.55. The third-order valence-electron chi connectivity index (χ3n) is 8.44. The number of alkyl halides is 4. The van der Waals surface area contributed by atoms with Gasteiger partial charge in [0.2, 0.25) is 0 Å². The third kappa shape index (κ3) is 5.58. The van der Waals surface area contributed by atoms with E-state index < -0.39 is 18.5 Å². The van der Waals surface area contributed by atoms with Crippen molar-refractivity contribution < 1.29 is 17.9 Å². The molecule has 0 aromatic carbocycles. The Balaban J connectivity index is 1.25. The van der Waals surface area contributed by atoms with E-state index in [9.17, 15) is 4.39 Å². The summed E-state index contributed by atoms with van der Waals surface area (Å²) in [7, 11) is 0. The predicted molar refractivity (Wildman–Crippen MR) is 124 cm³/mol. The smallest absolute Gasteiger partial charge is 0.135 e. The van der Waals surface area contributed by atoms with Crippen LogP contribution in [0.4, 0.5) is 13.2 Å². The minimum absolute atomic E-state index is 0.0587. The molecule has 4 aliphatic carbocycles. The number of hydrogen-bond donors (Lipinski definition) is 0. The Morgan fingerprint density at radius 2 is 1.50 bits per heavy atom. The van der Waals surface area contributed by atoms with Gasteiger partial charge in [-0.05, 0) is 68.6 Å². The maximum atomic E-state index is 15.1. The van der Waals surface area contributed by atoms with Crippen LogP contribution < -0.4 is 0 Å². The molecule has 0 amide bonds. The molecule has 0 N–H and O–H groups in total. The van der Waals surface area contributed by atoms with E-state index in [1.54, 1.807) is 0 Å². The highest BCUT2D eigenvalue weighted by Gasteiger charge is 2.45. The van der Waals surface area contributed by atoms with E-state index in [-0.39, 0.29) is 29.8 Å². The molecule has 9 atom stereocenters. The van der Waals surface area contributed by atoms with Crippen LogP contribution >= 0.6 is 22.6 Å². The highest BCUT2D eigenvalue weighted by Crippen LogP contribution is 2.46. The molecule has 0 aliphatic heterocycles. The summed E-state index contributed by atoms with van der Waals surface area (Å²) in [6.07, 6.45) is 12.3. The average Bonchev–Trinajstić information content (AvgIpc) is 2.76. The Bertz CT molecular complexity index is 567. The number of rotatable bonds is 5. The maximum Gasteiger partial charge on any atom is 0.135 e. The first-order valence-electron chi connectivity index (χ1n) is 12.4. The summed E-state index contributed by atoms with van der Waals surface area (Å²) in [6, 6.07) is 0. The molecule has 172 valence electrons. The van der Waals surface area contributed by atoms with Gasteiger partial charge in [-0.2, -0.15) is 0 Å². The van der Waals surface area contributed by atoms with Crippen LogP contribution in [0, 0.1) is 29.6 Å². The molecule has 0 aromatic rings. The van der Waals surface area contributed by atoms with Gasteiger partial charge >= 0.3 is 0 Å². The molecule has 0 spiro atoms. The first-order valence-corrected chi connectivity index (χ1v) is 13.6. The van der Waals surface area contributed by atoms with Crippen molar-refractivity contribution in [2.45, 2.75) is 106 Å². The highest BCUT2D eigenvalue weighted by molar-refractivity contribution is 14.1. The van der Waals surface area contributed by atoms with Crippen LogP contribution in [0.3, 0.4) is 0 Å². The summed E-state index contributed by atoms with van der Waals surface area (Å²) in [4.78, 5) is 0. The van der Waals surface area contributed by atoms with Gasteiger partial charge < -0.3 is 4.74 Å². The van der Waals surface area contributed by atoms with Crippen LogP contribution in [-0.4, -0.2) is 35.2 Å². The molecular formula is C25H38F3IO. The van der Waals surface area contributed by atoms with E-state index >= 15 is 8.78 Å². The minimum atomic E-state index is -1.32. The van der Waals surface area contributed by atoms with E-state index in [1.807, 2.05) is 0 Å². The lowest BCUT2D eigenvalue weighted by Crippen LogP contribution is -2.44. The van der Waals surface area contributed by atoms with Crippen molar-refractivity contribution in [1.29, 1.82) is 0 Å². The van der Waals surface area contributed by atoms with Crippen LogP contribution in [0.15, 0.2) is 12.2 Å². The molecule has 1 nitrogen and oxygen atoms in total. The Morgan fingerprint density at radius 1 is 0.767 bits per heavy atom. The van der Waals surface area contributed by atoms with Crippen LogP contribution in [-0.2, 0) is 4.74 Å². The second-order valence-corrected chi connectivity index (χ2v) is 12.1. The first kappa shape index (κ1) is 23.4. The van der Waals surface area contributed by atoms with Gasteiger partial charge in [-0.3, -0.25) is 0 Å². The van der Waals surface area contributed by atoms with Gasteiger partial charge in [0.25, 0.3) is 0 Å². The van der Waals surface area contributed by atoms with E-state index in [0.717, 1.165) is 51.4 Å². The third-order valence-corrected chi connectivity index (χ3v) is 9.57. The van der Waals surface area contributed by atoms with E-state index in [2.05, 4.69) is 34.7 Å². The van der Waals surface area contributed by atoms with Crippen molar-refractivity contribution in [2.24, 2.45) is 29.6 Å².